The van der Waals surface area contributed by atoms with Crippen LogP contribution in [0.4, 0.5) is 0 Å². The summed E-state index contributed by atoms with van der Waals surface area (Å²) in [6.07, 6.45) is 107. The van der Waals surface area contributed by atoms with Crippen LogP contribution in [-0.4, -0.2) is 74.9 Å². The monoisotopic (exact) mass is 1360 g/mol. The van der Waals surface area contributed by atoms with E-state index in [1.54, 1.807) is 0 Å². The van der Waals surface area contributed by atoms with Crippen molar-refractivity contribution in [3.8, 4) is 0 Å². The molecule has 0 saturated heterocycles. The molecule has 2 atom stereocenters. The molecule has 0 aliphatic carbocycles. The first-order valence-electron chi connectivity index (χ1n) is 41.0. The molecular weight excluding hydrogens is 1210 g/mol. The van der Waals surface area contributed by atoms with Crippen LogP contribution in [0.2, 0.25) is 0 Å². The molecule has 10 heteroatoms. The van der Waals surface area contributed by atoms with Crippen molar-refractivity contribution in [2.45, 2.75) is 392 Å². The number of rotatable bonds is 76. The van der Waals surface area contributed by atoms with Crippen molar-refractivity contribution in [3.05, 3.63) is 97.2 Å². The molecule has 0 aliphatic heterocycles. The molecule has 0 saturated carbocycles. The Morgan fingerprint density at radius 1 is 0.333 bits per heavy atom. The number of likely N-dealkylation sites (N-methyl/N-ethyl adjacent to an activating group) is 1. The molecule has 1 N–H and O–H groups in total. The van der Waals surface area contributed by atoms with Crippen molar-refractivity contribution in [1.82, 2.24) is 0 Å². The lowest BCUT2D eigenvalue weighted by molar-refractivity contribution is -0.870. The van der Waals surface area contributed by atoms with Gasteiger partial charge in [0.25, 0.3) is 0 Å². The average molecular weight is 1360 g/mol. The first kappa shape index (κ1) is 92.9. The third kappa shape index (κ3) is 79.9. The normalized spacial score (nSPS) is 13.5. The Kier molecular flexibility index (Phi) is 73.7. The Labute approximate surface area is 595 Å². The Balaban J connectivity index is 3.91. The predicted octanol–water partition coefficient (Wildman–Crippen LogP) is 27.4. The highest BCUT2D eigenvalue weighted by molar-refractivity contribution is 7.47. The Morgan fingerprint density at radius 2 is 0.594 bits per heavy atom. The van der Waals surface area contributed by atoms with E-state index in [4.69, 9.17) is 18.5 Å². The number of carbonyl (C=O) groups excluding carboxylic acids is 2. The van der Waals surface area contributed by atoms with E-state index >= 15 is 0 Å². The summed E-state index contributed by atoms with van der Waals surface area (Å²) in [5, 5.41) is 0. The van der Waals surface area contributed by atoms with E-state index in [2.05, 4.69) is 111 Å². The molecule has 0 aromatic carbocycles. The second-order valence-electron chi connectivity index (χ2n) is 28.8. The summed E-state index contributed by atoms with van der Waals surface area (Å²) in [7, 11) is 1.49. The minimum atomic E-state index is -4.40. The van der Waals surface area contributed by atoms with Crippen molar-refractivity contribution in [2.75, 3.05) is 47.5 Å². The van der Waals surface area contributed by atoms with Crippen LogP contribution in [0.15, 0.2) is 97.2 Å². The highest BCUT2D eigenvalue weighted by Gasteiger charge is 2.27. The van der Waals surface area contributed by atoms with E-state index in [1.807, 2.05) is 21.1 Å². The third-order valence-electron chi connectivity index (χ3n) is 18.1. The van der Waals surface area contributed by atoms with Gasteiger partial charge in [-0.2, -0.15) is 0 Å². The molecule has 0 spiro atoms. The second-order valence-corrected chi connectivity index (χ2v) is 30.2. The van der Waals surface area contributed by atoms with Gasteiger partial charge in [0.15, 0.2) is 6.10 Å². The average Bonchev–Trinajstić information content (AvgIpc) is 2.54. The molecule has 558 valence electrons. The van der Waals surface area contributed by atoms with Crippen molar-refractivity contribution in [2.24, 2.45) is 0 Å². The lowest BCUT2D eigenvalue weighted by Crippen LogP contribution is -2.37. The molecule has 0 fully saturated rings. The minimum Gasteiger partial charge on any atom is -0.462 e. The zero-order valence-electron chi connectivity index (χ0n) is 63.9. The van der Waals surface area contributed by atoms with E-state index < -0.39 is 26.5 Å². The van der Waals surface area contributed by atoms with Crippen LogP contribution in [0, 0.1) is 0 Å². The number of quaternary nitrogens is 1. The lowest BCUT2D eigenvalue weighted by Gasteiger charge is -2.24. The van der Waals surface area contributed by atoms with Gasteiger partial charge in [-0.25, -0.2) is 4.57 Å². The van der Waals surface area contributed by atoms with E-state index in [1.165, 1.54) is 276 Å². The summed E-state index contributed by atoms with van der Waals surface area (Å²) in [5.41, 5.74) is 0. The number of phosphoric ester groups is 1. The van der Waals surface area contributed by atoms with Gasteiger partial charge in [-0.3, -0.25) is 18.6 Å². The number of allylic oxidation sites excluding steroid dienone is 16. The molecule has 0 aliphatic rings. The number of nitrogens with zero attached hydrogens (tertiary/aromatic N) is 1. The van der Waals surface area contributed by atoms with Crippen LogP contribution in [0.5, 0.6) is 0 Å². The Bertz CT molecular complexity index is 1940. The summed E-state index contributed by atoms with van der Waals surface area (Å²) in [4.78, 5) is 36.0. The van der Waals surface area contributed by atoms with Gasteiger partial charge in [-0.1, -0.05) is 374 Å². The van der Waals surface area contributed by atoms with Gasteiger partial charge in [-0.15, -0.1) is 0 Å². The molecule has 2 unspecified atom stereocenters. The molecule has 0 rings (SSSR count). The van der Waals surface area contributed by atoms with E-state index in [-0.39, 0.29) is 32.0 Å². The fourth-order valence-electron chi connectivity index (χ4n) is 11.9. The highest BCUT2D eigenvalue weighted by atomic mass is 31.2. The largest absolute Gasteiger partial charge is 0.472 e. The van der Waals surface area contributed by atoms with Gasteiger partial charge in [0.2, 0.25) is 0 Å². The Morgan fingerprint density at radius 3 is 0.885 bits per heavy atom. The summed E-state index contributed by atoms with van der Waals surface area (Å²) < 4.78 is 34.8. The van der Waals surface area contributed by atoms with Gasteiger partial charge in [0.05, 0.1) is 27.7 Å². The van der Waals surface area contributed by atoms with Crippen molar-refractivity contribution < 1.29 is 42.1 Å². The number of ether oxygens (including phenoxy) is 2. The van der Waals surface area contributed by atoms with Gasteiger partial charge < -0.3 is 18.9 Å². The maximum absolute atomic E-state index is 12.9. The number of hydrogen-bond acceptors (Lipinski definition) is 7. The van der Waals surface area contributed by atoms with Crippen LogP contribution in [0.1, 0.15) is 386 Å². The molecule has 0 bridgehead atoms. The van der Waals surface area contributed by atoms with Crippen LogP contribution >= 0.6 is 7.82 Å². The quantitative estimate of drug-likeness (QED) is 0.0211. The zero-order valence-corrected chi connectivity index (χ0v) is 64.7. The summed E-state index contributed by atoms with van der Waals surface area (Å²) in [5.74, 6) is -0.779. The standard InChI is InChI=1S/C86H156NO8P/c1-6-8-10-12-14-16-18-20-22-24-26-28-30-32-34-36-38-39-40-41-42-43-44-45-46-47-49-51-53-55-57-59-61-63-65-67-69-71-73-75-77-79-86(89)95-84(83-94-96(90,91)93-81-80-87(3,4)5)82-92-85(88)78-76-74-72-70-68-66-64-62-60-58-56-54-52-50-48-37-35-33-31-29-27-25-23-21-19-17-15-13-11-9-7-2/h8,10,14,16,19-22,25-28,31-34,84H,6-7,9,11-13,15,17-18,23-24,29-30,35-83H2,1-5H3/p+1/b10-8-,16-14-,21-19-,22-20-,27-25-,28-26-,33-31-,34-32-. The molecule has 0 amide bonds. The second kappa shape index (κ2) is 76.1. The van der Waals surface area contributed by atoms with Crippen LogP contribution in [0.3, 0.4) is 0 Å². The fraction of sp³-hybridized carbons (Fsp3) is 0.791. The topological polar surface area (TPSA) is 108 Å². The van der Waals surface area contributed by atoms with Crippen molar-refractivity contribution in [1.29, 1.82) is 0 Å². The number of hydrogen-bond donors (Lipinski definition) is 1. The summed E-state index contributed by atoms with van der Waals surface area (Å²) >= 11 is 0. The first-order valence-corrected chi connectivity index (χ1v) is 42.5. The maximum atomic E-state index is 12.9. The summed E-state index contributed by atoms with van der Waals surface area (Å²) in [6, 6.07) is 0. The molecule has 0 heterocycles. The third-order valence-corrected chi connectivity index (χ3v) is 19.1. The SMILES string of the molecule is CC/C=C\C/C=C\C/C=C\C/C=C\C/C=C\CCCCCCCCCCCCCCCCCCCCCCCCCCCC(=O)OC(COC(=O)CCCCCCCCCCCCCCCCCC/C=C\C/C=C\C/C=C\CCCCCCC)COP(=O)(O)OCC[N+](C)(C)C. The lowest BCUT2D eigenvalue weighted by atomic mass is 10.0. The van der Waals surface area contributed by atoms with Gasteiger partial charge in [-0.05, 0) is 96.3 Å². The predicted molar refractivity (Wildman–Crippen MR) is 418 cm³/mol. The number of carbonyl (C=O) groups is 2. The highest BCUT2D eigenvalue weighted by Crippen LogP contribution is 2.43. The Hall–Kier alpha value is -3.07. The van der Waals surface area contributed by atoms with E-state index in [0.717, 1.165) is 77.0 Å². The smallest absolute Gasteiger partial charge is 0.462 e. The maximum Gasteiger partial charge on any atom is 0.472 e. The van der Waals surface area contributed by atoms with Crippen LogP contribution < -0.4 is 0 Å². The molecular formula is C86H157NO8P+. The minimum absolute atomic E-state index is 0.0320. The van der Waals surface area contributed by atoms with Crippen molar-refractivity contribution in [3.63, 3.8) is 0 Å². The van der Waals surface area contributed by atoms with Gasteiger partial charge in [0.1, 0.15) is 19.8 Å². The van der Waals surface area contributed by atoms with E-state index in [9.17, 15) is 19.0 Å². The van der Waals surface area contributed by atoms with Crippen molar-refractivity contribution >= 4 is 19.8 Å². The first-order chi connectivity index (χ1) is 47.0. The number of unbranched alkanes of at least 4 members (excludes halogenated alkanes) is 46. The number of esters is 2. The van der Waals surface area contributed by atoms with E-state index in [0.29, 0.717) is 17.4 Å². The number of phosphoric acid groups is 1. The molecule has 0 aromatic rings. The van der Waals surface area contributed by atoms with Gasteiger partial charge >= 0.3 is 19.8 Å². The fourth-order valence-corrected chi connectivity index (χ4v) is 12.6. The van der Waals surface area contributed by atoms with Gasteiger partial charge in [0, 0.05) is 12.8 Å². The molecule has 0 radical (unpaired) electrons. The molecule has 96 heavy (non-hydrogen) atoms. The molecule has 9 nitrogen and oxygen atoms in total. The van der Waals surface area contributed by atoms with Crippen LogP contribution in [0.25, 0.3) is 0 Å². The molecule has 0 aromatic heterocycles. The zero-order chi connectivity index (χ0) is 69.7. The van der Waals surface area contributed by atoms with Crippen LogP contribution in [-0.2, 0) is 32.7 Å². The summed E-state index contributed by atoms with van der Waals surface area (Å²) in [6.45, 7) is 4.36.